The van der Waals surface area contributed by atoms with Gasteiger partial charge in [0.15, 0.2) is 11.0 Å². The number of piperidine rings is 1. The Morgan fingerprint density at radius 2 is 2.18 bits per heavy atom. The van der Waals surface area contributed by atoms with E-state index < -0.39 is 12.0 Å². The number of aromatic nitrogens is 3. The second-order valence-corrected chi connectivity index (χ2v) is 9.81. The van der Waals surface area contributed by atoms with Crippen molar-refractivity contribution in [1.82, 2.24) is 19.9 Å². The van der Waals surface area contributed by atoms with Crippen LogP contribution in [0.5, 0.6) is 11.9 Å². The number of hydrogen-bond acceptors (Lipinski definition) is 8. The maximum Gasteiger partial charge on any atom is 0.319 e. The van der Waals surface area contributed by atoms with Crippen LogP contribution in [0.2, 0.25) is 5.15 Å². The first-order valence-electron chi connectivity index (χ1n) is 11.3. The lowest BCUT2D eigenvalue weighted by molar-refractivity contribution is 0.107. The number of rotatable bonds is 3. The van der Waals surface area contributed by atoms with Crippen molar-refractivity contribution in [3.63, 3.8) is 0 Å². The number of fused-ring (bicyclic) bond motifs is 3. The number of anilines is 1. The highest BCUT2D eigenvalue weighted by molar-refractivity contribution is 6.30. The van der Waals surface area contributed by atoms with Gasteiger partial charge in [-0.2, -0.15) is 20.2 Å². The van der Waals surface area contributed by atoms with Crippen LogP contribution in [-0.4, -0.2) is 70.5 Å². The molecule has 0 aliphatic carbocycles. The third kappa shape index (κ3) is 3.36. The average molecular weight is 477 g/mol. The molecule has 2 aromatic heterocycles. The SMILES string of the molecule is N#C[C@H]1CCN2c3nc(OC[C@@]45CCCN4C[C@H](F)C5)nc4c(F)c(Cl)nc(c34)OC[C@@H]2C1. The summed E-state index contributed by atoms with van der Waals surface area (Å²) in [6.07, 6.45) is 2.66. The Bertz CT molecular complexity index is 1160. The molecule has 33 heavy (non-hydrogen) atoms. The second kappa shape index (κ2) is 7.77. The van der Waals surface area contributed by atoms with Gasteiger partial charge in [-0.25, -0.2) is 8.78 Å². The first-order chi connectivity index (χ1) is 16.0. The average Bonchev–Trinajstić information content (AvgIpc) is 3.28. The molecule has 6 rings (SSSR count). The van der Waals surface area contributed by atoms with E-state index >= 15 is 4.39 Å². The van der Waals surface area contributed by atoms with E-state index in [2.05, 4.69) is 25.9 Å². The van der Waals surface area contributed by atoms with Gasteiger partial charge in [-0.15, -0.1) is 0 Å². The van der Waals surface area contributed by atoms with Crippen molar-refractivity contribution in [2.75, 3.05) is 37.7 Å². The molecule has 2 aromatic rings. The lowest BCUT2D eigenvalue weighted by atomic mass is 9.92. The van der Waals surface area contributed by atoms with Gasteiger partial charge in [0.2, 0.25) is 5.88 Å². The minimum Gasteiger partial charge on any atom is -0.475 e. The zero-order valence-corrected chi connectivity index (χ0v) is 18.7. The molecule has 6 heterocycles. The van der Waals surface area contributed by atoms with E-state index in [1.54, 1.807) is 0 Å². The molecule has 0 N–H and O–H groups in total. The van der Waals surface area contributed by atoms with Crippen molar-refractivity contribution >= 4 is 28.3 Å². The van der Waals surface area contributed by atoms with Crippen LogP contribution in [0.25, 0.3) is 10.9 Å². The zero-order chi connectivity index (χ0) is 22.7. The van der Waals surface area contributed by atoms with Gasteiger partial charge in [0, 0.05) is 19.5 Å². The Balaban J connectivity index is 1.40. The minimum absolute atomic E-state index is 0.0105. The summed E-state index contributed by atoms with van der Waals surface area (Å²) < 4.78 is 41.1. The van der Waals surface area contributed by atoms with Crippen molar-refractivity contribution in [3.8, 4) is 18.0 Å². The normalized spacial score (nSPS) is 31.0. The Morgan fingerprint density at radius 1 is 1.30 bits per heavy atom. The third-order valence-corrected chi connectivity index (χ3v) is 7.74. The fourth-order valence-electron chi connectivity index (χ4n) is 5.88. The molecular weight excluding hydrogens is 454 g/mol. The standard InChI is InChI=1S/C22H23ClF2N6O2/c23-18-16(25)17-15-19(31-5-2-12(8-26)6-14(31)10-32-20(15)28-18)29-21(27-17)33-11-22-3-1-4-30(22)9-13(24)7-22/h12-14H,1-7,9-11H2/t12-,13+,14-,22-/m0/s1. The summed E-state index contributed by atoms with van der Waals surface area (Å²) in [6, 6.07) is 2.25. The maximum absolute atomic E-state index is 15.1. The molecular formula is C22H23ClF2N6O2. The number of pyridine rings is 1. The molecule has 0 aromatic carbocycles. The fourth-order valence-corrected chi connectivity index (χ4v) is 6.05. The summed E-state index contributed by atoms with van der Waals surface area (Å²) in [5.41, 5.74) is -0.383. The summed E-state index contributed by atoms with van der Waals surface area (Å²) in [4.78, 5) is 17.3. The topological polar surface area (TPSA) is 87.4 Å². The highest BCUT2D eigenvalue weighted by Gasteiger charge is 2.49. The molecule has 0 radical (unpaired) electrons. The second-order valence-electron chi connectivity index (χ2n) is 9.45. The molecule has 3 fully saturated rings. The molecule has 4 aliphatic rings. The van der Waals surface area contributed by atoms with Crippen molar-refractivity contribution in [1.29, 1.82) is 5.26 Å². The number of ether oxygens (including phenoxy) is 2. The van der Waals surface area contributed by atoms with Gasteiger partial charge in [0.1, 0.15) is 36.1 Å². The van der Waals surface area contributed by atoms with Crippen LogP contribution < -0.4 is 14.4 Å². The zero-order valence-electron chi connectivity index (χ0n) is 17.9. The summed E-state index contributed by atoms with van der Waals surface area (Å²) in [7, 11) is 0. The van der Waals surface area contributed by atoms with Crippen LogP contribution >= 0.6 is 11.6 Å². The van der Waals surface area contributed by atoms with Crippen molar-refractivity contribution in [3.05, 3.63) is 11.0 Å². The van der Waals surface area contributed by atoms with Crippen molar-refractivity contribution in [2.45, 2.75) is 49.9 Å². The van der Waals surface area contributed by atoms with Crippen molar-refractivity contribution in [2.24, 2.45) is 5.92 Å². The monoisotopic (exact) mass is 476 g/mol. The van der Waals surface area contributed by atoms with Gasteiger partial charge in [-0.05, 0) is 32.2 Å². The predicted octanol–water partition coefficient (Wildman–Crippen LogP) is 3.27. The smallest absolute Gasteiger partial charge is 0.319 e. The lowest BCUT2D eigenvalue weighted by Gasteiger charge is -2.37. The molecule has 0 unspecified atom stereocenters. The van der Waals surface area contributed by atoms with Crippen LogP contribution in [-0.2, 0) is 0 Å². The largest absolute Gasteiger partial charge is 0.475 e. The van der Waals surface area contributed by atoms with Gasteiger partial charge in [-0.1, -0.05) is 11.6 Å². The van der Waals surface area contributed by atoms with Gasteiger partial charge < -0.3 is 14.4 Å². The lowest BCUT2D eigenvalue weighted by Crippen LogP contribution is -2.45. The number of halogens is 3. The Kier molecular flexibility index (Phi) is 4.96. The molecule has 3 saturated heterocycles. The molecule has 4 aliphatic heterocycles. The molecule has 0 saturated carbocycles. The summed E-state index contributed by atoms with van der Waals surface area (Å²) in [6.45, 7) is 2.36. The summed E-state index contributed by atoms with van der Waals surface area (Å²) >= 11 is 6.05. The maximum atomic E-state index is 15.1. The first-order valence-corrected chi connectivity index (χ1v) is 11.7. The van der Waals surface area contributed by atoms with E-state index in [1.165, 1.54) is 0 Å². The quantitative estimate of drug-likeness (QED) is 0.624. The van der Waals surface area contributed by atoms with Crippen LogP contribution in [0, 0.1) is 23.1 Å². The molecule has 174 valence electrons. The third-order valence-electron chi connectivity index (χ3n) is 7.49. The van der Waals surface area contributed by atoms with Gasteiger partial charge in [0.05, 0.1) is 23.6 Å². The highest BCUT2D eigenvalue weighted by atomic mass is 35.5. The predicted molar refractivity (Wildman–Crippen MR) is 116 cm³/mol. The Hall–Kier alpha value is -2.51. The fraction of sp³-hybridized carbons (Fsp3) is 0.636. The van der Waals surface area contributed by atoms with E-state index in [1.807, 2.05) is 4.90 Å². The summed E-state index contributed by atoms with van der Waals surface area (Å²) in [5, 5.41) is 9.42. The van der Waals surface area contributed by atoms with Gasteiger partial charge >= 0.3 is 6.01 Å². The van der Waals surface area contributed by atoms with Gasteiger partial charge in [0.25, 0.3) is 0 Å². The number of alkyl halides is 1. The molecule has 4 atom stereocenters. The van der Waals surface area contributed by atoms with E-state index in [4.69, 9.17) is 21.1 Å². The van der Waals surface area contributed by atoms with Crippen molar-refractivity contribution < 1.29 is 18.3 Å². The molecule has 8 nitrogen and oxygen atoms in total. The van der Waals surface area contributed by atoms with Gasteiger partial charge in [-0.3, -0.25) is 4.90 Å². The number of nitrogens with zero attached hydrogens (tertiary/aromatic N) is 6. The van der Waals surface area contributed by atoms with E-state index in [0.717, 1.165) is 19.4 Å². The molecule has 11 heteroatoms. The van der Waals surface area contributed by atoms with Crippen LogP contribution in [0.4, 0.5) is 14.6 Å². The molecule has 0 amide bonds. The Labute approximate surface area is 194 Å². The molecule has 0 spiro atoms. The summed E-state index contributed by atoms with van der Waals surface area (Å²) in [5.74, 6) is -0.191. The Morgan fingerprint density at radius 3 is 3.03 bits per heavy atom. The van der Waals surface area contributed by atoms with E-state index in [-0.39, 0.29) is 53.3 Å². The first kappa shape index (κ1) is 21.1. The molecule has 0 bridgehead atoms. The number of nitriles is 1. The number of hydrogen-bond donors (Lipinski definition) is 0. The van der Waals surface area contributed by atoms with E-state index in [0.29, 0.717) is 43.6 Å². The van der Waals surface area contributed by atoms with Crippen LogP contribution in [0.3, 0.4) is 0 Å². The highest BCUT2D eigenvalue weighted by Crippen LogP contribution is 2.43. The van der Waals surface area contributed by atoms with Crippen LogP contribution in [0.1, 0.15) is 32.1 Å². The van der Waals surface area contributed by atoms with Crippen LogP contribution in [0.15, 0.2) is 0 Å². The minimum atomic E-state index is -0.875. The van der Waals surface area contributed by atoms with E-state index in [9.17, 15) is 9.65 Å².